The van der Waals surface area contributed by atoms with E-state index in [1.807, 2.05) is 27.7 Å². The lowest BCUT2D eigenvalue weighted by Crippen LogP contribution is -2.14. The van der Waals surface area contributed by atoms with Crippen molar-refractivity contribution in [2.45, 2.75) is 41.2 Å². The van der Waals surface area contributed by atoms with E-state index in [9.17, 15) is 18.0 Å². The molecule has 0 saturated heterocycles. The number of halogens is 3. The van der Waals surface area contributed by atoms with Crippen LogP contribution < -0.4 is 4.74 Å². The van der Waals surface area contributed by atoms with Gasteiger partial charge in [0.2, 0.25) is 5.82 Å². The lowest BCUT2D eigenvalue weighted by molar-refractivity contribution is -0.148. The van der Waals surface area contributed by atoms with Gasteiger partial charge in [-0.15, -0.1) is 0 Å². The summed E-state index contributed by atoms with van der Waals surface area (Å²) in [4.78, 5) is 12.2. The van der Waals surface area contributed by atoms with Crippen LogP contribution in [-0.2, 0) is 16.1 Å². The molecule has 3 nitrogen and oxygen atoms in total. The molecule has 2 rings (SSSR count). The fourth-order valence-corrected chi connectivity index (χ4v) is 3.16. The molecule has 0 unspecified atom stereocenters. The number of rotatable bonds is 4. The quantitative estimate of drug-likeness (QED) is 0.615. The highest BCUT2D eigenvalue weighted by atomic mass is 19.2. The van der Waals surface area contributed by atoms with Gasteiger partial charge in [0.05, 0.1) is 13.0 Å². The molecule has 1 aromatic carbocycles. The Kier molecular flexibility index (Phi) is 4.16. The van der Waals surface area contributed by atoms with Crippen LogP contribution in [-0.4, -0.2) is 13.1 Å². The molecule has 1 aromatic rings. The summed E-state index contributed by atoms with van der Waals surface area (Å²) in [5.41, 5.74) is -0.907. The Morgan fingerprint density at radius 3 is 2.00 bits per heavy atom. The van der Waals surface area contributed by atoms with E-state index in [-0.39, 0.29) is 27.9 Å². The van der Waals surface area contributed by atoms with Gasteiger partial charge in [0.15, 0.2) is 17.4 Å². The third kappa shape index (κ3) is 2.48. The third-order valence-corrected chi connectivity index (χ3v) is 5.46. The molecule has 0 aromatic heterocycles. The lowest BCUT2D eigenvalue weighted by Gasteiger charge is -2.13. The van der Waals surface area contributed by atoms with E-state index in [0.717, 1.165) is 7.11 Å². The number of ether oxygens (including phenoxy) is 2. The minimum Gasteiger partial charge on any atom is -0.491 e. The monoisotopic (exact) mass is 330 g/mol. The van der Waals surface area contributed by atoms with Gasteiger partial charge >= 0.3 is 5.97 Å². The van der Waals surface area contributed by atoms with Crippen LogP contribution in [0.3, 0.4) is 0 Å². The van der Waals surface area contributed by atoms with Crippen LogP contribution >= 0.6 is 0 Å². The summed E-state index contributed by atoms with van der Waals surface area (Å²) in [6.07, 6.45) is 0. The third-order valence-electron chi connectivity index (χ3n) is 5.46. The second kappa shape index (κ2) is 5.42. The highest BCUT2D eigenvalue weighted by molar-refractivity contribution is 5.78. The lowest BCUT2D eigenvalue weighted by atomic mass is 10.0. The van der Waals surface area contributed by atoms with Crippen LogP contribution in [0, 0.1) is 41.1 Å². The minimum atomic E-state index is -1.42. The summed E-state index contributed by atoms with van der Waals surface area (Å²) in [5, 5.41) is 0. The van der Waals surface area contributed by atoms with E-state index in [4.69, 9.17) is 4.74 Å². The number of carbonyl (C=O) groups excluding carboxylic acids is 1. The molecule has 1 aliphatic carbocycles. The average molecular weight is 330 g/mol. The van der Waals surface area contributed by atoms with Crippen molar-refractivity contribution in [3.8, 4) is 5.75 Å². The van der Waals surface area contributed by atoms with Gasteiger partial charge in [-0.25, -0.2) is 8.78 Å². The maximum absolute atomic E-state index is 14.0. The Balaban J connectivity index is 2.21. The van der Waals surface area contributed by atoms with Crippen LogP contribution in [0.15, 0.2) is 0 Å². The summed E-state index contributed by atoms with van der Waals surface area (Å²) < 4.78 is 51.4. The van der Waals surface area contributed by atoms with Crippen molar-refractivity contribution in [2.24, 2.45) is 16.7 Å². The molecule has 1 saturated carbocycles. The van der Waals surface area contributed by atoms with Crippen molar-refractivity contribution in [1.29, 1.82) is 0 Å². The number of esters is 1. The predicted molar refractivity (Wildman–Crippen MR) is 78.5 cm³/mol. The van der Waals surface area contributed by atoms with Crippen LogP contribution in [0.1, 0.15) is 38.8 Å². The number of methoxy groups -OCH3 is 1. The standard InChI is InChI=1S/C17H21F3O3/c1-8-9(11(19)12(20)13(22-6)10(8)18)7-23-15(21)14-16(2,3)17(14,4)5/h14H,7H2,1-6H3. The van der Waals surface area contributed by atoms with Gasteiger partial charge in [0.1, 0.15) is 6.61 Å². The molecule has 0 heterocycles. The molecule has 0 bridgehead atoms. The number of hydrogen-bond donors (Lipinski definition) is 0. The van der Waals surface area contributed by atoms with Crippen molar-refractivity contribution < 1.29 is 27.4 Å². The highest BCUT2D eigenvalue weighted by Gasteiger charge is 2.69. The second-order valence-corrected chi connectivity index (χ2v) is 7.06. The van der Waals surface area contributed by atoms with Crippen LogP contribution in [0.4, 0.5) is 13.2 Å². The van der Waals surface area contributed by atoms with Crippen molar-refractivity contribution in [2.75, 3.05) is 7.11 Å². The maximum Gasteiger partial charge on any atom is 0.310 e. The molecular formula is C17H21F3O3. The van der Waals surface area contributed by atoms with Crippen LogP contribution in [0.5, 0.6) is 5.75 Å². The topological polar surface area (TPSA) is 35.5 Å². The Bertz CT molecular complexity index is 623. The normalized spacial score (nSPS) is 18.7. The van der Waals surface area contributed by atoms with E-state index in [1.165, 1.54) is 6.92 Å². The fourth-order valence-electron chi connectivity index (χ4n) is 3.16. The molecule has 0 amide bonds. The Morgan fingerprint density at radius 1 is 1.04 bits per heavy atom. The first-order valence-electron chi connectivity index (χ1n) is 7.35. The Morgan fingerprint density at radius 2 is 1.57 bits per heavy atom. The highest BCUT2D eigenvalue weighted by Crippen LogP contribution is 2.68. The van der Waals surface area contributed by atoms with E-state index in [2.05, 4.69) is 4.74 Å². The van der Waals surface area contributed by atoms with Gasteiger partial charge in [0.25, 0.3) is 0 Å². The molecule has 128 valence electrons. The van der Waals surface area contributed by atoms with E-state index in [1.54, 1.807) is 0 Å². The first-order valence-corrected chi connectivity index (χ1v) is 7.35. The molecule has 0 aliphatic heterocycles. The molecule has 6 heteroatoms. The van der Waals surface area contributed by atoms with Crippen molar-refractivity contribution in [3.63, 3.8) is 0 Å². The largest absolute Gasteiger partial charge is 0.491 e. The Hall–Kier alpha value is -1.72. The van der Waals surface area contributed by atoms with E-state index >= 15 is 0 Å². The summed E-state index contributed by atoms with van der Waals surface area (Å²) >= 11 is 0. The smallest absolute Gasteiger partial charge is 0.310 e. The Labute approximate surface area is 133 Å². The zero-order valence-electron chi connectivity index (χ0n) is 14.1. The van der Waals surface area contributed by atoms with Crippen LogP contribution in [0.25, 0.3) is 0 Å². The van der Waals surface area contributed by atoms with Gasteiger partial charge in [-0.1, -0.05) is 27.7 Å². The van der Waals surface area contributed by atoms with Crippen molar-refractivity contribution >= 4 is 5.97 Å². The SMILES string of the molecule is COc1c(F)c(C)c(COC(=O)C2C(C)(C)C2(C)C)c(F)c1F. The number of benzene rings is 1. The maximum atomic E-state index is 14.0. The molecule has 23 heavy (non-hydrogen) atoms. The number of carbonyl (C=O) groups is 1. The van der Waals surface area contributed by atoms with Gasteiger partial charge in [0, 0.05) is 5.56 Å². The van der Waals surface area contributed by atoms with E-state index in [0.29, 0.717) is 0 Å². The summed E-state index contributed by atoms with van der Waals surface area (Å²) in [6.45, 7) is 8.54. The molecular weight excluding hydrogens is 309 g/mol. The van der Waals surface area contributed by atoms with Gasteiger partial charge < -0.3 is 9.47 Å². The average Bonchev–Trinajstić information content (AvgIpc) is 2.87. The summed E-state index contributed by atoms with van der Waals surface area (Å²) in [5.74, 6) is -5.28. The van der Waals surface area contributed by atoms with Crippen LogP contribution in [0.2, 0.25) is 0 Å². The molecule has 0 spiro atoms. The van der Waals surface area contributed by atoms with Gasteiger partial charge in [-0.2, -0.15) is 4.39 Å². The van der Waals surface area contributed by atoms with Gasteiger partial charge in [-0.3, -0.25) is 4.79 Å². The van der Waals surface area contributed by atoms with Crippen molar-refractivity contribution in [1.82, 2.24) is 0 Å². The summed E-state index contributed by atoms with van der Waals surface area (Å²) in [6, 6.07) is 0. The molecule has 1 aliphatic rings. The molecule has 1 fully saturated rings. The first-order chi connectivity index (χ1) is 10.5. The van der Waals surface area contributed by atoms with E-state index < -0.39 is 35.8 Å². The minimum absolute atomic E-state index is 0.136. The predicted octanol–water partition coefficient (Wildman–Crippen LogP) is 4.15. The molecule has 0 atom stereocenters. The fraction of sp³-hybridized carbons (Fsp3) is 0.588. The van der Waals surface area contributed by atoms with Crippen molar-refractivity contribution in [3.05, 3.63) is 28.6 Å². The first kappa shape index (κ1) is 17.6. The van der Waals surface area contributed by atoms with Gasteiger partial charge in [-0.05, 0) is 23.3 Å². The molecule has 0 radical (unpaired) electrons. The molecule has 0 N–H and O–H groups in total. The zero-order chi connectivity index (χ0) is 17.7. The number of hydrogen-bond acceptors (Lipinski definition) is 3. The summed E-state index contributed by atoms with van der Waals surface area (Å²) in [7, 11) is 1.05. The second-order valence-electron chi connectivity index (χ2n) is 7.06. The zero-order valence-corrected chi connectivity index (χ0v) is 14.1.